The van der Waals surface area contributed by atoms with Crippen LogP contribution in [0.1, 0.15) is 16.2 Å². The summed E-state index contributed by atoms with van der Waals surface area (Å²) in [6.45, 7) is 4.99. The molecule has 1 aromatic heterocycles. The molecule has 156 valence electrons. The monoisotopic (exact) mass is 409 g/mol. The predicted molar refractivity (Wildman–Crippen MR) is 115 cm³/mol. The number of likely N-dealkylation sites (N-methyl/N-ethyl adjacent to an activating group) is 1. The standard InChI is InChI=1S/C22H24FN5O2/c1-14-21(22(29)26-16-6-4-5-7-20(16)30-3)25-17-12-15(23)19(13-18(17)24-14)28-10-8-27(2)9-11-28/h4-7,12-13H,8-11H2,1-3H3,(H,26,29). The van der Waals surface area contributed by atoms with E-state index in [1.54, 1.807) is 31.2 Å². The maximum absolute atomic E-state index is 14.8. The Balaban J connectivity index is 1.65. The van der Waals surface area contributed by atoms with Crippen molar-refractivity contribution in [3.05, 3.63) is 53.6 Å². The number of ether oxygens (including phenoxy) is 1. The zero-order valence-electron chi connectivity index (χ0n) is 17.3. The van der Waals surface area contributed by atoms with E-state index >= 15 is 0 Å². The molecule has 0 bridgehead atoms. The molecule has 2 heterocycles. The molecule has 8 heteroatoms. The number of halogens is 1. The van der Waals surface area contributed by atoms with Gasteiger partial charge in [0.2, 0.25) is 0 Å². The van der Waals surface area contributed by atoms with Gasteiger partial charge in [-0.1, -0.05) is 12.1 Å². The third-order valence-electron chi connectivity index (χ3n) is 5.32. The van der Waals surface area contributed by atoms with E-state index in [2.05, 4.69) is 27.2 Å². The third-order valence-corrected chi connectivity index (χ3v) is 5.32. The fourth-order valence-electron chi connectivity index (χ4n) is 3.59. The van der Waals surface area contributed by atoms with Crippen molar-refractivity contribution in [1.29, 1.82) is 0 Å². The Morgan fingerprint density at radius 3 is 2.53 bits per heavy atom. The molecule has 1 amide bonds. The number of rotatable bonds is 4. The van der Waals surface area contributed by atoms with Crippen LogP contribution in [-0.4, -0.2) is 61.1 Å². The van der Waals surface area contributed by atoms with Crippen LogP contribution in [0.2, 0.25) is 0 Å². The van der Waals surface area contributed by atoms with Crippen LogP contribution in [0, 0.1) is 12.7 Å². The van der Waals surface area contributed by atoms with Crippen molar-refractivity contribution < 1.29 is 13.9 Å². The van der Waals surface area contributed by atoms with Crippen molar-refractivity contribution in [2.24, 2.45) is 0 Å². The number of hydrogen-bond donors (Lipinski definition) is 1. The number of anilines is 2. The summed E-state index contributed by atoms with van der Waals surface area (Å²) in [5.41, 5.74) is 2.60. The lowest BCUT2D eigenvalue weighted by atomic mass is 10.2. The summed E-state index contributed by atoms with van der Waals surface area (Å²) in [6.07, 6.45) is 0. The maximum Gasteiger partial charge on any atom is 0.276 e. The molecule has 1 fully saturated rings. The van der Waals surface area contributed by atoms with Gasteiger partial charge >= 0.3 is 0 Å². The van der Waals surface area contributed by atoms with Crippen LogP contribution in [0.4, 0.5) is 15.8 Å². The molecule has 0 unspecified atom stereocenters. The minimum absolute atomic E-state index is 0.153. The predicted octanol–water partition coefficient (Wildman–Crippen LogP) is 3.09. The summed E-state index contributed by atoms with van der Waals surface area (Å²) in [4.78, 5) is 26.0. The first-order valence-electron chi connectivity index (χ1n) is 9.82. The molecule has 7 nitrogen and oxygen atoms in total. The van der Waals surface area contributed by atoms with Crippen molar-refractivity contribution in [1.82, 2.24) is 14.9 Å². The van der Waals surface area contributed by atoms with Gasteiger partial charge in [-0.15, -0.1) is 0 Å². The number of carbonyl (C=O) groups excluding carboxylic acids is 1. The van der Waals surface area contributed by atoms with Gasteiger partial charge in [0.15, 0.2) is 0 Å². The molecule has 1 saturated heterocycles. The van der Waals surface area contributed by atoms with Gasteiger partial charge in [0, 0.05) is 32.2 Å². The molecule has 1 aliphatic heterocycles. The SMILES string of the molecule is COc1ccccc1NC(=O)c1nc2cc(F)c(N3CCN(C)CC3)cc2nc1C. The fraction of sp³-hybridized carbons (Fsp3) is 0.318. The molecule has 0 atom stereocenters. The average molecular weight is 409 g/mol. The Morgan fingerprint density at radius 1 is 1.10 bits per heavy atom. The molecule has 0 spiro atoms. The van der Waals surface area contributed by atoms with Crippen LogP contribution in [0.5, 0.6) is 5.75 Å². The number of nitrogens with one attached hydrogen (secondary N) is 1. The number of para-hydroxylation sites is 2. The lowest BCUT2D eigenvalue weighted by Crippen LogP contribution is -2.44. The molecule has 2 aromatic carbocycles. The van der Waals surface area contributed by atoms with Crippen molar-refractivity contribution in [2.75, 3.05) is 50.6 Å². The minimum Gasteiger partial charge on any atom is -0.495 e. The normalized spacial score (nSPS) is 14.7. The van der Waals surface area contributed by atoms with Crippen LogP contribution in [-0.2, 0) is 0 Å². The van der Waals surface area contributed by atoms with Gasteiger partial charge in [0.25, 0.3) is 5.91 Å². The molecular weight excluding hydrogens is 385 g/mol. The molecule has 3 aromatic rings. The summed E-state index contributed by atoms with van der Waals surface area (Å²) in [5.74, 6) is -0.239. The van der Waals surface area contributed by atoms with Gasteiger partial charge in [-0.25, -0.2) is 14.4 Å². The highest BCUT2D eigenvalue weighted by molar-refractivity contribution is 6.05. The molecule has 4 rings (SSSR count). The molecule has 0 radical (unpaired) electrons. The van der Waals surface area contributed by atoms with Gasteiger partial charge in [-0.05, 0) is 32.2 Å². The van der Waals surface area contributed by atoms with Gasteiger partial charge in [-0.3, -0.25) is 4.79 Å². The summed E-state index contributed by atoms with van der Waals surface area (Å²) in [5, 5.41) is 2.79. The number of piperazine rings is 1. The number of carbonyl (C=O) groups is 1. The Bertz CT molecular complexity index is 1100. The minimum atomic E-state index is -0.421. The number of aryl methyl sites for hydroxylation is 1. The highest BCUT2D eigenvalue weighted by Crippen LogP contribution is 2.27. The number of hydrogen-bond acceptors (Lipinski definition) is 6. The van der Waals surface area contributed by atoms with E-state index in [0.717, 1.165) is 26.2 Å². The van der Waals surface area contributed by atoms with Crippen molar-refractivity contribution in [3.63, 3.8) is 0 Å². The zero-order valence-corrected chi connectivity index (χ0v) is 17.3. The van der Waals surface area contributed by atoms with E-state index in [1.165, 1.54) is 13.2 Å². The number of methoxy groups -OCH3 is 1. The average Bonchev–Trinajstić information content (AvgIpc) is 2.74. The summed E-state index contributed by atoms with van der Waals surface area (Å²) >= 11 is 0. The molecule has 30 heavy (non-hydrogen) atoms. The second-order valence-corrected chi connectivity index (χ2v) is 7.39. The Morgan fingerprint density at radius 2 is 1.80 bits per heavy atom. The van der Waals surface area contributed by atoms with E-state index in [0.29, 0.717) is 33.9 Å². The number of aromatic nitrogens is 2. The fourth-order valence-corrected chi connectivity index (χ4v) is 3.59. The maximum atomic E-state index is 14.8. The van der Waals surface area contributed by atoms with Crippen LogP contribution in [0.25, 0.3) is 11.0 Å². The number of amides is 1. The first-order chi connectivity index (χ1) is 14.5. The van der Waals surface area contributed by atoms with Crippen LogP contribution in [0.3, 0.4) is 0 Å². The number of fused-ring (bicyclic) bond motifs is 1. The lowest BCUT2D eigenvalue weighted by molar-refractivity contribution is 0.102. The second kappa shape index (κ2) is 8.23. The zero-order chi connectivity index (χ0) is 21.3. The Labute approximate surface area is 174 Å². The first kappa shape index (κ1) is 20.0. The van der Waals surface area contributed by atoms with Crippen molar-refractivity contribution in [2.45, 2.75) is 6.92 Å². The van der Waals surface area contributed by atoms with E-state index in [4.69, 9.17) is 4.74 Å². The molecule has 0 aliphatic carbocycles. The summed E-state index contributed by atoms with van der Waals surface area (Å²) in [7, 11) is 3.59. The lowest BCUT2D eigenvalue weighted by Gasteiger charge is -2.34. The van der Waals surface area contributed by atoms with Gasteiger partial charge in [0.1, 0.15) is 17.3 Å². The molecule has 0 saturated carbocycles. The Kier molecular flexibility index (Phi) is 5.50. The number of nitrogens with zero attached hydrogens (tertiary/aromatic N) is 4. The van der Waals surface area contributed by atoms with Crippen molar-refractivity contribution in [3.8, 4) is 5.75 Å². The quantitative estimate of drug-likeness (QED) is 0.714. The van der Waals surface area contributed by atoms with E-state index < -0.39 is 5.91 Å². The third kappa shape index (κ3) is 3.91. The highest BCUT2D eigenvalue weighted by atomic mass is 19.1. The topological polar surface area (TPSA) is 70.6 Å². The highest BCUT2D eigenvalue weighted by Gasteiger charge is 2.20. The largest absolute Gasteiger partial charge is 0.495 e. The summed E-state index contributed by atoms with van der Waals surface area (Å²) < 4.78 is 20.1. The smallest absolute Gasteiger partial charge is 0.276 e. The van der Waals surface area contributed by atoms with Gasteiger partial charge in [-0.2, -0.15) is 0 Å². The van der Waals surface area contributed by atoms with Gasteiger partial charge < -0.3 is 19.9 Å². The van der Waals surface area contributed by atoms with Crippen LogP contribution in [0.15, 0.2) is 36.4 Å². The van der Waals surface area contributed by atoms with Crippen LogP contribution >= 0.6 is 0 Å². The first-order valence-corrected chi connectivity index (χ1v) is 9.82. The van der Waals surface area contributed by atoms with E-state index in [9.17, 15) is 9.18 Å². The van der Waals surface area contributed by atoms with Crippen LogP contribution < -0.4 is 15.0 Å². The van der Waals surface area contributed by atoms with E-state index in [1.807, 2.05) is 11.0 Å². The second-order valence-electron chi connectivity index (χ2n) is 7.39. The van der Waals surface area contributed by atoms with Crippen molar-refractivity contribution >= 4 is 28.3 Å². The summed E-state index contributed by atoms with van der Waals surface area (Å²) in [6, 6.07) is 10.2. The number of benzene rings is 2. The van der Waals surface area contributed by atoms with Gasteiger partial charge in [0.05, 0.1) is 35.2 Å². The molecule has 1 N–H and O–H groups in total. The van der Waals surface area contributed by atoms with E-state index in [-0.39, 0.29) is 11.5 Å². The molecular formula is C22H24FN5O2. The molecule has 1 aliphatic rings. The Hall–Kier alpha value is -3.26.